The molecule has 1 aromatic carbocycles. The number of nitrogens with zero attached hydrogens (tertiary/aromatic N) is 6. The minimum Gasteiger partial charge on any atom is -0.379 e. The lowest BCUT2D eigenvalue weighted by Gasteiger charge is -2.43. The van der Waals surface area contributed by atoms with Gasteiger partial charge in [-0.25, -0.2) is 9.18 Å². The first-order valence-corrected chi connectivity index (χ1v) is 13.8. The van der Waals surface area contributed by atoms with Crippen LogP contribution in [0.5, 0.6) is 0 Å². The molecule has 2 aliphatic heterocycles. The molecule has 7 rings (SSSR count). The van der Waals surface area contributed by atoms with E-state index in [1.54, 1.807) is 31.3 Å². The van der Waals surface area contributed by atoms with Gasteiger partial charge in [-0.05, 0) is 67.5 Å². The molecular formula is C29H30F4N6O2. The van der Waals surface area contributed by atoms with Gasteiger partial charge in [0.25, 0.3) is 0 Å². The number of hydrogen-bond acceptors (Lipinski definition) is 5. The van der Waals surface area contributed by atoms with Crippen molar-refractivity contribution in [1.82, 2.24) is 28.6 Å². The Morgan fingerprint density at radius 1 is 1.10 bits per heavy atom. The summed E-state index contributed by atoms with van der Waals surface area (Å²) in [6.45, 7) is 3.78. The summed E-state index contributed by atoms with van der Waals surface area (Å²) in [5.41, 5.74) is -1.10. The van der Waals surface area contributed by atoms with E-state index in [4.69, 9.17) is 4.74 Å². The molecule has 5 heterocycles. The molecule has 2 atom stereocenters. The van der Waals surface area contributed by atoms with Crippen LogP contribution in [0.25, 0.3) is 11.2 Å². The van der Waals surface area contributed by atoms with Gasteiger partial charge in [-0.2, -0.15) is 13.2 Å². The van der Waals surface area contributed by atoms with Gasteiger partial charge in [-0.3, -0.25) is 13.9 Å². The van der Waals surface area contributed by atoms with Crippen molar-refractivity contribution < 1.29 is 22.3 Å². The fourth-order valence-electron chi connectivity index (χ4n) is 6.46. The number of fused-ring (bicyclic) bond motifs is 1. The number of pyridine rings is 1. The van der Waals surface area contributed by atoms with Crippen LogP contribution < -0.4 is 5.69 Å². The highest BCUT2D eigenvalue weighted by Crippen LogP contribution is 2.54. The Morgan fingerprint density at radius 3 is 2.49 bits per heavy atom. The van der Waals surface area contributed by atoms with Crippen LogP contribution in [-0.2, 0) is 23.4 Å². The van der Waals surface area contributed by atoms with E-state index in [0.29, 0.717) is 22.2 Å². The molecule has 216 valence electrons. The molecule has 12 heteroatoms. The lowest BCUT2D eigenvalue weighted by atomic mass is 9.74. The Bertz CT molecular complexity index is 1700. The van der Waals surface area contributed by atoms with Crippen molar-refractivity contribution >= 4 is 5.52 Å². The van der Waals surface area contributed by atoms with Crippen molar-refractivity contribution in [3.05, 3.63) is 82.1 Å². The summed E-state index contributed by atoms with van der Waals surface area (Å²) < 4.78 is 68.1. The smallest absolute Gasteiger partial charge is 0.379 e. The first-order valence-electron chi connectivity index (χ1n) is 13.8. The van der Waals surface area contributed by atoms with Crippen molar-refractivity contribution in [3.8, 4) is 5.69 Å². The SMILES string of the molecule is C[C@@H](c1cc(C(F)(F)F)c2cn(-c3cccc(C4([C@@H](F)c5nncn5C)COC4)c3)c(=O)n2c1)N1CCC2(CC2)C1. The molecule has 3 fully saturated rings. The van der Waals surface area contributed by atoms with Gasteiger partial charge in [-0.15, -0.1) is 10.2 Å². The number of benzene rings is 1. The summed E-state index contributed by atoms with van der Waals surface area (Å²) in [6, 6.07) is 7.58. The van der Waals surface area contributed by atoms with E-state index in [2.05, 4.69) is 15.1 Å². The highest BCUT2D eigenvalue weighted by Gasteiger charge is 2.51. The first-order chi connectivity index (χ1) is 19.5. The summed E-state index contributed by atoms with van der Waals surface area (Å²) in [7, 11) is 1.65. The lowest BCUT2D eigenvalue weighted by molar-refractivity contribution is -0.136. The quantitative estimate of drug-likeness (QED) is 0.313. The Morgan fingerprint density at radius 2 is 1.88 bits per heavy atom. The molecule has 0 bridgehead atoms. The van der Waals surface area contributed by atoms with E-state index in [1.165, 1.54) is 46.8 Å². The van der Waals surface area contributed by atoms with Gasteiger partial charge in [0.2, 0.25) is 0 Å². The third-order valence-electron chi connectivity index (χ3n) is 9.43. The van der Waals surface area contributed by atoms with Crippen LogP contribution in [0.1, 0.15) is 60.9 Å². The van der Waals surface area contributed by atoms with Gasteiger partial charge in [0.1, 0.15) is 6.33 Å². The molecule has 41 heavy (non-hydrogen) atoms. The number of rotatable bonds is 6. The monoisotopic (exact) mass is 570 g/mol. The van der Waals surface area contributed by atoms with Crippen molar-refractivity contribution in [2.75, 3.05) is 26.3 Å². The molecule has 1 spiro atoms. The summed E-state index contributed by atoms with van der Waals surface area (Å²) in [5, 5.41) is 7.70. The predicted molar refractivity (Wildman–Crippen MR) is 142 cm³/mol. The van der Waals surface area contributed by atoms with Gasteiger partial charge >= 0.3 is 11.9 Å². The van der Waals surface area contributed by atoms with Gasteiger partial charge in [0.15, 0.2) is 12.0 Å². The normalized spacial score (nSPS) is 21.3. The maximum atomic E-state index is 15.9. The van der Waals surface area contributed by atoms with E-state index >= 15 is 4.39 Å². The fraction of sp³-hybridized carbons (Fsp3) is 0.483. The van der Waals surface area contributed by atoms with Crippen molar-refractivity contribution in [1.29, 1.82) is 0 Å². The molecule has 0 radical (unpaired) electrons. The molecule has 4 aromatic rings. The Kier molecular flexibility index (Phi) is 5.79. The maximum Gasteiger partial charge on any atom is 0.418 e. The van der Waals surface area contributed by atoms with Crippen LogP contribution in [0, 0.1) is 5.41 Å². The van der Waals surface area contributed by atoms with Crippen LogP contribution >= 0.6 is 0 Å². The third-order valence-corrected chi connectivity index (χ3v) is 9.43. The van der Waals surface area contributed by atoms with E-state index in [9.17, 15) is 18.0 Å². The third kappa shape index (κ3) is 4.13. The van der Waals surface area contributed by atoms with E-state index in [-0.39, 0.29) is 30.6 Å². The number of likely N-dealkylation sites (tertiary alicyclic amines) is 1. The molecule has 0 N–H and O–H groups in total. The summed E-state index contributed by atoms with van der Waals surface area (Å²) in [4.78, 5) is 15.9. The largest absolute Gasteiger partial charge is 0.418 e. The number of hydrogen-bond donors (Lipinski definition) is 0. The van der Waals surface area contributed by atoms with Gasteiger partial charge in [0.05, 0.1) is 35.4 Å². The summed E-state index contributed by atoms with van der Waals surface area (Å²) >= 11 is 0. The zero-order chi connectivity index (χ0) is 28.7. The molecule has 0 unspecified atom stereocenters. The van der Waals surface area contributed by atoms with Crippen LogP contribution in [0.4, 0.5) is 17.6 Å². The number of ether oxygens (including phenoxy) is 1. The van der Waals surface area contributed by atoms with Gasteiger partial charge < -0.3 is 9.30 Å². The van der Waals surface area contributed by atoms with Crippen LogP contribution in [0.15, 0.2) is 53.8 Å². The highest BCUT2D eigenvalue weighted by molar-refractivity contribution is 5.58. The number of aromatic nitrogens is 5. The molecule has 1 saturated carbocycles. The van der Waals surface area contributed by atoms with Crippen molar-refractivity contribution in [2.24, 2.45) is 12.5 Å². The Balaban J connectivity index is 1.30. The molecular weight excluding hydrogens is 540 g/mol. The zero-order valence-corrected chi connectivity index (χ0v) is 22.7. The van der Waals surface area contributed by atoms with E-state index in [1.807, 2.05) is 6.92 Å². The fourth-order valence-corrected chi connectivity index (χ4v) is 6.46. The van der Waals surface area contributed by atoms with Gasteiger partial charge in [-0.1, -0.05) is 12.1 Å². The molecule has 1 aliphatic carbocycles. The molecule has 0 amide bonds. The molecule has 8 nitrogen and oxygen atoms in total. The van der Waals surface area contributed by atoms with Crippen LogP contribution in [0.3, 0.4) is 0 Å². The number of aryl methyl sites for hydroxylation is 1. The number of imidazole rings is 1. The van der Waals surface area contributed by atoms with Crippen LogP contribution in [0.2, 0.25) is 0 Å². The minimum atomic E-state index is -4.66. The summed E-state index contributed by atoms with van der Waals surface area (Å²) in [5.74, 6) is 0.146. The second kappa shape index (κ2) is 8.99. The Hall–Kier alpha value is -3.51. The topological polar surface area (TPSA) is 69.6 Å². The second-order valence-corrected chi connectivity index (χ2v) is 12.0. The van der Waals surface area contributed by atoms with E-state index < -0.39 is 29.0 Å². The van der Waals surface area contributed by atoms with Crippen molar-refractivity contribution in [3.63, 3.8) is 0 Å². The first kappa shape index (κ1) is 26.4. The van der Waals surface area contributed by atoms with Gasteiger partial charge in [0, 0.05) is 32.0 Å². The molecule has 3 aliphatic rings. The van der Waals surface area contributed by atoms with Crippen molar-refractivity contribution in [2.45, 2.75) is 50.0 Å². The molecule has 2 saturated heterocycles. The standard InChI is InChI=1S/C29H30F4N6O2/c1-18(37-9-8-27(14-37)6-7-27)19-10-22(29(31,32)33)23-13-38(26(40)39(23)12-19)21-5-3-4-20(11-21)28(15-41-16-28)24(30)25-35-34-17-36(25)2/h3-5,10-13,17-18,24H,6-9,14-16H2,1-2H3/t18-,24-/m0/s1. The second-order valence-electron chi connectivity index (χ2n) is 12.0. The predicted octanol–water partition coefficient (Wildman–Crippen LogP) is 4.76. The number of alkyl halides is 4. The summed E-state index contributed by atoms with van der Waals surface area (Å²) in [6.07, 6.45) is 1.36. The average Bonchev–Trinajstić information content (AvgIpc) is 3.19. The Labute approximate surface area is 233 Å². The number of halogens is 4. The lowest BCUT2D eigenvalue weighted by Crippen LogP contribution is -2.50. The van der Waals surface area contributed by atoms with E-state index in [0.717, 1.165) is 23.9 Å². The maximum absolute atomic E-state index is 15.9. The molecule has 3 aromatic heterocycles. The average molecular weight is 571 g/mol. The van der Waals surface area contributed by atoms with Crippen LogP contribution in [-0.4, -0.2) is 54.9 Å². The minimum absolute atomic E-state index is 0.0916. The zero-order valence-electron chi connectivity index (χ0n) is 22.7. The highest BCUT2D eigenvalue weighted by atomic mass is 19.4.